The molecule has 2 saturated heterocycles. The highest BCUT2D eigenvalue weighted by Crippen LogP contribution is 2.30. The quantitative estimate of drug-likeness (QED) is 0.0204. The number of aliphatic hydroxyl groups is 8. The molecule has 2 rings (SSSR count). The van der Waals surface area contributed by atoms with Crippen LogP contribution in [0.4, 0.5) is 0 Å². The van der Waals surface area contributed by atoms with Gasteiger partial charge in [-0.05, 0) is 44.9 Å². The molecule has 0 spiro atoms. The summed E-state index contributed by atoms with van der Waals surface area (Å²) in [5, 5.41) is 87.3. The molecule has 14 nitrogen and oxygen atoms in total. The van der Waals surface area contributed by atoms with Crippen LogP contribution in [0.3, 0.4) is 0 Å². The summed E-state index contributed by atoms with van der Waals surface area (Å²) in [6.45, 7) is 2.88. The number of aliphatic hydroxyl groups excluding tert-OH is 8. The number of unbranched alkanes of at least 4 members (excludes halogenated alkanes) is 37. The van der Waals surface area contributed by atoms with Gasteiger partial charge >= 0.3 is 0 Å². The zero-order chi connectivity index (χ0) is 57.4. The Morgan fingerprint density at radius 3 is 1.27 bits per heavy atom. The Morgan fingerprint density at radius 1 is 0.456 bits per heavy atom. The minimum absolute atomic E-state index is 0.202. The Kier molecular flexibility index (Phi) is 47.4. The summed E-state index contributed by atoms with van der Waals surface area (Å²) >= 11 is 0. The highest BCUT2D eigenvalue weighted by molar-refractivity contribution is 5.76. The van der Waals surface area contributed by atoms with Gasteiger partial charge < -0.3 is 65.1 Å². The summed E-state index contributed by atoms with van der Waals surface area (Å²) in [6.07, 6.45) is 44.8. The molecule has 2 aliphatic heterocycles. The molecule has 0 bridgehead atoms. The van der Waals surface area contributed by atoms with Crippen molar-refractivity contribution in [2.45, 2.75) is 364 Å². The third-order valence-corrected chi connectivity index (χ3v) is 16.4. The van der Waals surface area contributed by atoms with E-state index in [0.29, 0.717) is 12.8 Å². The molecule has 14 heteroatoms. The fourth-order valence-electron chi connectivity index (χ4n) is 11.1. The highest BCUT2D eigenvalue weighted by Gasteiger charge is 2.51. The largest absolute Gasteiger partial charge is 0.394 e. The van der Waals surface area contributed by atoms with Gasteiger partial charge in [0.05, 0.1) is 32.0 Å². The SMILES string of the molecule is CCCCCCC/C=C\C/C=C\CCCCCCCCCCCCCCCCCCCCCC(=O)NC(COC1OC(CO)C(OC2OC(CO)C(O)C(O)C2O)C(O)C1O)C(O)CCCCCCCCCCCCCCCC. The number of hydrogen-bond donors (Lipinski definition) is 9. The summed E-state index contributed by atoms with van der Waals surface area (Å²) in [6, 6.07) is -0.825. The van der Waals surface area contributed by atoms with Gasteiger partial charge in [-0.2, -0.15) is 0 Å². The number of amides is 1. The molecule has 0 radical (unpaired) electrons. The van der Waals surface area contributed by atoms with Crippen LogP contribution in [-0.2, 0) is 23.7 Å². The first kappa shape index (κ1) is 73.6. The maximum absolute atomic E-state index is 13.3. The molecule has 0 aromatic heterocycles. The van der Waals surface area contributed by atoms with Crippen molar-refractivity contribution in [2.75, 3.05) is 19.8 Å². The zero-order valence-corrected chi connectivity index (χ0v) is 50.4. The summed E-state index contributed by atoms with van der Waals surface area (Å²) < 4.78 is 22.9. The first-order valence-electron chi connectivity index (χ1n) is 33.1. The fraction of sp³-hybridized carbons (Fsp3) is 0.923. The number of allylic oxidation sites excluding steroid dienone is 4. The van der Waals surface area contributed by atoms with Crippen LogP contribution < -0.4 is 5.32 Å². The lowest BCUT2D eigenvalue weighted by atomic mass is 9.97. The van der Waals surface area contributed by atoms with E-state index in [1.165, 1.54) is 205 Å². The number of ether oxygens (including phenoxy) is 4. The van der Waals surface area contributed by atoms with Crippen LogP contribution in [0.5, 0.6) is 0 Å². The second-order valence-corrected chi connectivity index (χ2v) is 23.6. The third kappa shape index (κ3) is 36.0. The molecule has 9 N–H and O–H groups in total. The molecule has 12 atom stereocenters. The van der Waals surface area contributed by atoms with Gasteiger partial charge in [-0.15, -0.1) is 0 Å². The maximum atomic E-state index is 13.3. The molecular formula is C65H123NO13. The molecule has 12 unspecified atom stereocenters. The molecule has 79 heavy (non-hydrogen) atoms. The number of hydrogen-bond acceptors (Lipinski definition) is 13. The summed E-state index contributed by atoms with van der Waals surface area (Å²) in [5.74, 6) is -0.202. The number of carbonyl (C=O) groups is 1. The molecule has 2 fully saturated rings. The van der Waals surface area contributed by atoms with Gasteiger partial charge in [0.15, 0.2) is 12.6 Å². The fourth-order valence-corrected chi connectivity index (χ4v) is 11.1. The van der Waals surface area contributed by atoms with Crippen molar-refractivity contribution < 1.29 is 64.6 Å². The number of rotatable bonds is 54. The van der Waals surface area contributed by atoms with E-state index < -0.39 is 86.8 Å². The van der Waals surface area contributed by atoms with Gasteiger partial charge in [0.1, 0.15) is 48.8 Å². The Bertz CT molecular complexity index is 1420. The van der Waals surface area contributed by atoms with E-state index >= 15 is 0 Å². The molecule has 1 amide bonds. The maximum Gasteiger partial charge on any atom is 0.220 e. The Labute approximate surface area is 481 Å². The lowest BCUT2D eigenvalue weighted by Crippen LogP contribution is -2.65. The van der Waals surface area contributed by atoms with Crippen LogP contribution in [0.15, 0.2) is 24.3 Å². The summed E-state index contributed by atoms with van der Waals surface area (Å²) in [5.41, 5.74) is 0. The van der Waals surface area contributed by atoms with Gasteiger partial charge in [0, 0.05) is 6.42 Å². The average Bonchev–Trinajstić information content (AvgIpc) is 3.55. The smallest absolute Gasteiger partial charge is 0.220 e. The normalized spacial score (nSPS) is 24.5. The third-order valence-electron chi connectivity index (χ3n) is 16.4. The van der Waals surface area contributed by atoms with Crippen molar-refractivity contribution in [1.29, 1.82) is 0 Å². The van der Waals surface area contributed by atoms with E-state index in [0.717, 1.165) is 57.8 Å². The van der Waals surface area contributed by atoms with Crippen LogP contribution >= 0.6 is 0 Å². The van der Waals surface area contributed by atoms with Gasteiger partial charge in [-0.25, -0.2) is 0 Å². The second kappa shape index (κ2) is 50.9. The van der Waals surface area contributed by atoms with Crippen LogP contribution in [0, 0.1) is 0 Å². The molecular weight excluding hydrogens is 1000 g/mol. The van der Waals surface area contributed by atoms with E-state index in [1.807, 2.05) is 0 Å². The number of nitrogens with one attached hydrogen (secondary N) is 1. The minimum atomic E-state index is -1.78. The highest BCUT2D eigenvalue weighted by atomic mass is 16.7. The van der Waals surface area contributed by atoms with Crippen LogP contribution in [0.25, 0.3) is 0 Å². The molecule has 0 aliphatic carbocycles. The van der Waals surface area contributed by atoms with Crippen LogP contribution in [-0.4, -0.2) is 140 Å². The zero-order valence-electron chi connectivity index (χ0n) is 50.4. The molecule has 0 saturated carbocycles. The average molecular weight is 1130 g/mol. The Hall–Kier alpha value is -1.53. The van der Waals surface area contributed by atoms with E-state index in [1.54, 1.807) is 0 Å². The summed E-state index contributed by atoms with van der Waals surface area (Å²) in [7, 11) is 0. The topological polar surface area (TPSA) is 228 Å². The number of carbonyl (C=O) groups excluding carboxylic acids is 1. The van der Waals surface area contributed by atoms with E-state index in [4.69, 9.17) is 18.9 Å². The minimum Gasteiger partial charge on any atom is -0.394 e. The lowest BCUT2D eigenvalue weighted by Gasteiger charge is -2.46. The molecule has 466 valence electrons. The van der Waals surface area contributed by atoms with Gasteiger partial charge in [0.2, 0.25) is 5.91 Å². The van der Waals surface area contributed by atoms with Crippen molar-refractivity contribution in [3.63, 3.8) is 0 Å². The van der Waals surface area contributed by atoms with Gasteiger partial charge in [-0.3, -0.25) is 4.79 Å². The Morgan fingerprint density at radius 2 is 0.835 bits per heavy atom. The molecule has 2 heterocycles. The first-order chi connectivity index (χ1) is 38.6. The van der Waals surface area contributed by atoms with Crippen molar-refractivity contribution >= 4 is 5.91 Å². The second-order valence-electron chi connectivity index (χ2n) is 23.6. The predicted octanol–water partition coefficient (Wildman–Crippen LogP) is 12.4. The van der Waals surface area contributed by atoms with Crippen molar-refractivity contribution in [3.05, 3.63) is 24.3 Å². The molecule has 0 aromatic carbocycles. The van der Waals surface area contributed by atoms with Gasteiger partial charge in [-0.1, -0.05) is 263 Å². The first-order valence-corrected chi connectivity index (χ1v) is 33.1. The van der Waals surface area contributed by atoms with Crippen molar-refractivity contribution in [3.8, 4) is 0 Å². The van der Waals surface area contributed by atoms with E-state index in [2.05, 4.69) is 43.5 Å². The summed E-state index contributed by atoms with van der Waals surface area (Å²) in [4.78, 5) is 13.3. The monoisotopic (exact) mass is 1130 g/mol. The Balaban J connectivity index is 1.63. The van der Waals surface area contributed by atoms with Crippen molar-refractivity contribution in [1.82, 2.24) is 5.32 Å². The van der Waals surface area contributed by atoms with Crippen LogP contribution in [0.2, 0.25) is 0 Å². The van der Waals surface area contributed by atoms with Crippen LogP contribution in [0.1, 0.15) is 290 Å². The lowest BCUT2D eigenvalue weighted by molar-refractivity contribution is -0.359. The van der Waals surface area contributed by atoms with E-state index in [9.17, 15) is 45.6 Å². The van der Waals surface area contributed by atoms with Crippen molar-refractivity contribution in [2.24, 2.45) is 0 Å². The van der Waals surface area contributed by atoms with Gasteiger partial charge in [0.25, 0.3) is 0 Å². The van der Waals surface area contributed by atoms with E-state index in [-0.39, 0.29) is 12.5 Å². The predicted molar refractivity (Wildman–Crippen MR) is 318 cm³/mol. The molecule has 0 aromatic rings. The standard InChI is InChI=1S/C65H123NO13/c1-3-5-7-9-11-13-15-17-19-20-21-22-23-24-25-26-27-28-29-30-31-32-33-34-35-37-39-41-43-45-47-49-57(70)66-53(54(69)48-46-44-42-40-38-36-18-16-14-12-10-8-6-4-2)52-76-64-62(75)60(73)63(56(51-68)78-64)79-65-61(74)59(72)58(71)55(50-67)77-65/h15,17,20-21,53-56,58-65,67-69,71-75H,3-14,16,18-19,22-52H2,1-2H3,(H,66,70)/b17-15-,21-20-. The molecule has 2 aliphatic rings.